The SMILES string of the molecule is COC(=O)c1cc(-c2ccc3cc(C)ccc3n2)cs1. The number of pyridine rings is 1. The molecule has 0 unspecified atom stereocenters. The molecule has 2 heterocycles. The number of methoxy groups -OCH3 is 1. The van der Waals surface area contributed by atoms with Crippen LogP contribution in [0.25, 0.3) is 22.2 Å². The van der Waals surface area contributed by atoms with Gasteiger partial charge in [0.15, 0.2) is 0 Å². The number of ether oxygens (including phenoxy) is 1. The van der Waals surface area contributed by atoms with Crippen molar-refractivity contribution in [2.45, 2.75) is 6.92 Å². The molecule has 1 aromatic carbocycles. The van der Waals surface area contributed by atoms with E-state index in [1.807, 2.05) is 29.6 Å². The van der Waals surface area contributed by atoms with Crippen LogP contribution in [0, 0.1) is 6.92 Å². The Balaban J connectivity index is 2.03. The van der Waals surface area contributed by atoms with Crippen LogP contribution in [0.5, 0.6) is 0 Å². The zero-order chi connectivity index (χ0) is 14.1. The largest absolute Gasteiger partial charge is 0.465 e. The average molecular weight is 283 g/mol. The van der Waals surface area contributed by atoms with Crippen LogP contribution in [0.15, 0.2) is 41.8 Å². The van der Waals surface area contributed by atoms with Crippen LogP contribution in [-0.4, -0.2) is 18.1 Å². The van der Waals surface area contributed by atoms with Crippen LogP contribution in [0.1, 0.15) is 15.2 Å². The molecular formula is C16H13NO2S. The van der Waals surface area contributed by atoms with E-state index in [1.54, 1.807) is 0 Å². The summed E-state index contributed by atoms with van der Waals surface area (Å²) < 4.78 is 4.72. The number of esters is 1. The topological polar surface area (TPSA) is 39.2 Å². The van der Waals surface area contributed by atoms with Crippen molar-refractivity contribution in [2.24, 2.45) is 0 Å². The smallest absolute Gasteiger partial charge is 0.348 e. The van der Waals surface area contributed by atoms with Gasteiger partial charge in [-0.05, 0) is 31.2 Å². The summed E-state index contributed by atoms with van der Waals surface area (Å²) in [5, 5.41) is 3.05. The molecule has 20 heavy (non-hydrogen) atoms. The maximum atomic E-state index is 11.5. The number of fused-ring (bicyclic) bond motifs is 1. The number of hydrogen-bond donors (Lipinski definition) is 0. The first kappa shape index (κ1) is 12.8. The van der Waals surface area contributed by atoms with E-state index in [1.165, 1.54) is 24.0 Å². The Bertz CT molecular complexity index is 792. The first-order valence-electron chi connectivity index (χ1n) is 6.22. The molecular weight excluding hydrogens is 270 g/mol. The van der Waals surface area contributed by atoms with Gasteiger partial charge in [-0.3, -0.25) is 0 Å². The van der Waals surface area contributed by atoms with E-state index in [0.29, 0.717) is 4.88 Å². The minimum Gasteiger partial charge on any atom is -0.465 e. The van der Waals surface area contributed by atoms with Gasteiger partial charge in [-0.1, -0.05) is 17.7 Å². The van der Waals surface area contributed by atoms with Gasteiger partial charge in [0, 0.05) is 16.3 Å². The molecule has 0 spiro atoms. The number of carbonyl (C=O) groups excluding carboxylic acids is 1. The summed E-state index contributed by atoms with van der Waals surface area (Å²) in [4.78, 5) is 16.7. The highest BCUT2D eigenvalue weighted by atomic mass is 32.1. The predicted octanol–water partition coefficient (Wildman–Crippen LogP) is 4.06. The zero-order valence-electron chi connectivity index (χ0n) is 11.2. The lowest BCUT2D eigenvalue weighted by molar-refractivity contribution is 0.0606. The van der Waals surface area contributed by atoms with E-state index < -0.39 is 0 Å². The van der Waals surface area contributed by atoms with Crippen LogP contribution in [-0.2, 0) is 4.74 Å². The van der Waals surface area contributed by atoms with E-state index in [4.69, 9.17) is 4.74 Å². The molecule has 3 rings (SSSR count). The monoisotopic (exact) mass is 283 g/mol. The second-order valence-electron chi connectivity index (χ2n) is 4.58. The van der Waals surface area contributed by atoms with Gasteiger partial charge in [-0.25, -0.2) is 9.78 Å². The van der Waals surface area contributed by atoms with Crippen molar-refractivity contribution in [2.75, 3.05) is 7.11 Å². The number of aryl methyl sites for hydroxylation is 1. The summed E-state index contributed by atoms with van der Waals surface area (Å²) >= 11 is 1.37. The first-order chi connectivity index (χ1) is 9.67. The summed E-state index contributed by atoms with van der Waals surface area (Å²) in [5.74, 6) is -0.308. The molecule has 0 saturated carbocycles. The third-order valence-electron chi connectivity index (χ3n) is 3.13. The lowest BCUT2D eigenvalue weighted by Gasteiger charge is -2.02. The van der Waals surface area contributed by atoms with Crippen molar-refractivity contribution in [3.05, 3.63) is 52.2 Å². The molecule has 0 aliphatic heterocycles. The fourth-order valence-corrected chi connectivity index (χ4v) is 2.90. The second kappa shape index (κ2) is 5.06. The van der Waals surface area contributed by atoms with E-state index in [-0.39, 0.29) is 5.97 Å². The van der Waals surface area contributed by atoms with E-state index in [9.17, 15) is 4.79 Å². The van der Waals surface area contributed by atoms with Crippen LogP contribution in [0.4, 0.5) is 0 Å². The van der Waals surface area contributed by atoms with Crippen molar-refractivity contribution in [3.63, 3.8) is 0 Å². The van der Waals surface area contributed by atoms with Crippen molar-refractivity contribution >= 4 is 28.2 Å². The summed E-state index contributed by atoms with van der Waals surface area (Å²) in [5.41, 5.74) is 3.99. The molecule has 0 fully saturated rings. The fraction of sp³-hybridized carbons (Fsp3) is 0.125. The molecule has 0 N–H and O–H groups in total. The Labute approximate surface area is 120 Å². The number of carbonyl (C=O) groups is 1. The number of nitrogens with zero attached hydrogens (tertiary/aromatic N) is 1. The highest BCUT2D eigenvalue weighted by Gasteiger charge is 2.11. The third-order valence-corrected chi connectivity index (χ3v) is 4.04. The molecule has 0 radical (unpaired) electrons. The van der Waals surface area contributed by atoms with Gasteiger partial charge in [0.05, 0.1) is 18.3 Å². The number of rotatable bonds is 2. The second-order valence-corrected chi connectivity index (χ2v) is 5.50. The number of benzene rings is 1. The van der Waals surface area contributed by atoms with Gasteiger partial charge >= 0.3 is 5.97 Å². The molecule has 3 aromatic rings. The minimum absolute atomic E-state index is 0.308. The molecule has 0 aliphatic carbocycles. The van der Waals surface area contributed by atoms with E-state index in [2.05, 4.69) is 24.0 Å². The van der Waals surface area contributed by atoms with Crippen LogP contribution < -0.4 is 0 Å². The van der Waals surface area contributed by atoms with Gasteiger partial charge < -0.3 is 4.74 Å². The van der Waals surface area contributed by atoms with E-state index in [0.717, 1.165) is 22.2 Å². The molecule has 4 heteroatoms. The molecule has 100 valence electrons. The highest BCUT2D eigenvalue weighted by molar-refractivity contribution is 7.12. The van der Waals surface area contributed by atoms with Crippen LogP contribution >= 0.6 is 11.3 Å². The first-order valence-corrected chi connectivity index (χ1v) is 7.10. The normalized spacial score (nSPS) is 10.7. The van der Waals surface area contributed by atoms with Gasteiger partial charge in [0.2, 0.25) is 0 Å². The van der Waals surface area contributed by atoms with Gasteiger partial charge in [0.25, 0.3) is 0 Å². The minimum atomic E-state index is -0.308. The van der Waals surface area contributed by atoms with Gasteiger partial charge in [-0.15, -0.1) is 11.3 Å². The number of hydrogen-bond acceptors (Lipinski definition) is 4. The lowest BCUT2D eigenvalue weighted by atomic mass is 10.1. The molecule has 0 amide bonds. The molecule has 2 aromatic heterocycles. The third kappa shape index (κ3) is 2.30. The molecule has 0 bridgehead atoms. The van der Waals surface area contributed by atoms with Crippen LogP contribution in [0.3, 0.4) is 0 Å². The fourth-order valence-electron chi connectivity index (χ4n) is 2.08. The average Bonchev–Trinajstić information content (AvgIpc) is 2.95. The van der Waals surface area contributed by atoms with Crippen LogP contribution in [0.2, 0.25) is 0 Å². The number of thiophene rings is 1. The summed E-state index contributed by atoms with van der Waals surface area (Å²) in [7, 11) is 1.39. The Morgan fingerprint density at radius 1 is 1.20 bits per heavy atom. The Morgan fingerprint density at radius 3 is 2.85 bits per heavy atom. The van der Waals surface area contributed by atoms with Crippen molar-refractivity contribution < 1.29 is 9.53 Å². The van der Waals surface area contributed by atoms with Gasteiger partial charge in [-0.2, -0.15) is 0 Å². The Hall–Kier alpha value is -2.20. The molecule has 0 atom stereocenters. The van der Waals surface area contributed by atoms with E-state index >= 15 is 0 Å². The molecule has 0 aliphatic rings. The Kier molecular flexibility index (Phi) is 3.24. The Morgan fingerprint density at radius 2 is 2.05 bits per heavy atom. The predicted molar refractivity (Wildman–Crippen MR) is 81.1 cm³/mol. The summed E-state index contributed by atoms with van der Waals surface area (Å²) in [6.07, 6.45) is 0. The zero-order valence-corrected chi connectivity index (χ0v) is 12.0. The summed E-state index contributed by atoms with van der Waals surface area (Å²) in [6, 6.07) is 12.0. The molecule has 3 nitrogen and oxygen atoms in total. The summed E-state index contributed by atoms with van der Waals surface area (Å²) in [6.45, 7) is 2.06. The maximum Gasteiger partial charge on any atom is 0.348 e. The maximum absolute atomic E-state index is 11.5. The quantitative estimate of drug-likeness (QED) is 0.666. The lowest BCUT2D eigenvalue weighted by Crippen LogP contribution is -1.96. The standard InChI is InChI=1S/C16H13NO2S/c1-10-3-5-13-11(7-10)4-6-14(17-13)12-8-15(20-9-12)16(18)19-2/h3-9H,1-2H3. The highest BCUT2D eigenvalue weighted by Crippen LogP contribution is 2.26. The van der Waals surface area contributed by atoms with Gasteiger partial charge in [0.1, 0.15) is 4.88 Å². The number of aromatic nitrogens is 1. The van der Waals surface area contributed by atoms with Crippen molar-refractivity contribution in [3.8, 4) is 11.3 Å². The molecule has 0 saturated heterocycles. The van der Waals surface area contributed by atoms with Crippen molar-refractivity contribution in [1.82, 2.24) is 4.98 Å². The van der Waals surface area contributed by atoms with Crippen molar-refractivity contribution in [1.29, 1.82) is 0 Å².